The van der Waals surface area contributed by atoms with Crippen molar-refractivity contribution >= 4 is 44.5 Å². The predicted octanol–water partition coefficient (Wildman–Crippen LogP) is 1.56. The summed E-state index contributed by atoms with van der Waals surface area (Å²) in [5, 5.41) is 6.37. The zero-order chi connectivity index (χ0) is 8.43. The molecular weight excluding hydrogens is 327 g/mol. The molecule has 11 heavy (non-hydrogen) atoms. The molecule has 0 saturated heterocycles. The van der Waals surface area contributed by atoms with E-state index >= 15 is 0 Å². The molecule has 1 rings (SSSR count). The normalized spacial score (nSPS) is 9.73. The van der Waals surface area contributed by atoms with E-state index in [1.807, 2.05) is 22.6 Å². The number of methoxy groups -OCH3 is 1. The van der Waals surface area contributed by atoms with Crippen molar-refractivity contribution in [2.75, 3.05) is 7.11 Å². The van der Waals surface area contributed by atoms with E-state index in [1.54, 1.807) is 0 Å². The summed E-state index contributed by atoms with van der Waals surface area (Å²) in [7, 11) is 1.32. The number of carbonyl (C=O) groups is 1. The van der Waals surface area contributed by atoms with Gasteiger partial charge in [0, 0.05) is 0 Å². The second-order valence-corrected chi connectivity index (χ2v) is 3.56. The molecule has 0 atom stereocenters. The van der Waals surface area contributed by atoms with Crippen LogP contribution < -0.4 is 0 Å². The number of halogens is 2. The van der Waals surface area contributed by atoms with Gasteiger partial charge in [0.15, 0.2) is 5.69 Å². The Hall–Kier alpha value is -0.110. The number of ether oxygens (including phenoxy) is 1. The van der Waals surface area contributed by atoms with Crippen LogP contribution in [0.15, 0.2) is 4.47 Å². The van der Waals surface area contributed by atoms with Crippen LogP contribution in [0, 0.1) is 3.70 Å². The third-order valence-electron chi connectivity index (χ3n) is 1.05. The van der Waals surface area contributed by atoms with E-state index in [1.165, 1.54) is 7.11 Å². The van der Waals surface area contributed by atoms with Gasteiger partial charge in [0.05, 0.1) is 11.6 Å². The SMILES string of the molecule is COC(=O)c1n[nH]c(I)c1Br. The van der Waals surface area contributed by atoms with Crippen molar-refractivity contribution in [2.24, 2.45) is 0 Å². The fourth-order valence-corrected chi connectivity index (χ4v) is 1.25. The fraction of sp³-hybridized carbons (Fsp3) is 0.200. The molecule has 1 aromatic heterocycles. The number of nitrogens with zero attached hydrogens (tertiary/aromatic N) is 1. The van der Waals surface area contributed by atoms with Crippen LogP contribution in [-0.4, -0.2) is 23.3 Å². The fourth-order valence-electron chi connectivity index (χ4n) is 0.539. The first-order valence-corrected chi connectivity index (χ1v) is 4.51. The molecule has 0 saturated carbocycles. The first-order chi connectivity index (χ1) is 5.16. The number of nitrogens with one attached hydrogen (secondary N) is 1. The van der Waals surface area contributed by atoms with Gasteiger partial charge in [-0.3, -0.25) is 5.10 Å². The van der Waals surface area contributed by atoms with E-state index in [0.717, 1.165) is 3.70 Å². The first-order valence-electron chi connectivity index (χ1n) is 2.64. The smallest absolute Gasteiger partial charge is 0.359 e. The molecule has 0 fully saturated rings. The van der Waals surface area contributed by atoms with E-state index < -0.39 is 5.97 Å². The maximum atomic E-state index is 10.9. The average molecular weight is 331 g/mol. The monoisotopic (exact) mass is 330 g/mol. The molecule has 0 radical (unpaired) electrons. The van der Waals surface area contributed by atoms with Crippen molar-refractivity contribution in [1.29, 1.82) is 0 Å². The topological polar surface area (TPSA) is 55.0 Å². The van der Waals surface area contributed by atoms with Gasteiger partial charge in [-0.15, -0.1) is 0 Å². The van der Waals surface area contributed by atoms with Crippen LogP contribution >= 0.6 is 38.5 Å². The molecule has 0 spiro atoms. The standard InChI is InChI=1S/C5H4BrIN2O2/c1-11-5(10)3-2(6)4(7)9-8-3/h1H3,(H,8,9). The number of rotatable bonds is 1. The molecule has 0 bridgehead atoms. The molecule has 60 valence electrons. The van der Waals surface area contributed by atoms with E-state index in [0.29, 0.717) is 4.47 Å². The van der Waals surface area contributed by atoms with Gasteiger partial charge in [-0.1, -0.05) is 0 Å². The summed E-state index contributed by atoms with van der Waals surface area (Å²) in [5.41, 5.74) is 0.275. The maximum Gasteiger partial charge on any atom is 0.359 e. The summed E-state index contributed by atoms with van der Waals surface area (Å²) in [5.74, 6) is -0.448. The molecule has 0 aliphatic heterocycles. The van der Waals surface area contributed by atoms with Crippen molar-refractivity contribution in [3.05, 3.63) is 13.9 Å². The van der Waals surface area contributed by atoms with Crippen LogP contribution in [0.3, 0.4) is 0 Å². The quantitative estimate of drug-likeness (QED) is 0.628. The van der Waals surface area contributed by atoms with Crippen LogP contribution in [0.1, 0.15) is 10.5 Å². The lowest BCUT2D eigenvalue weighted by atomic mass is 10.4. The van der Waals surface area contributed by atoms with Crippen molar-refractivity contribution in [1.82, 2.24) is 10.2 Å². The maximum absolute atomic E-state index is 10.9. The van der Waals surface area contributed by atoms with Crippen LogP contribution in [0.4, 0.5) is 0 Å². The van der Waals surface area contributed by atoms with E-state index in [9.17, 15) is 4.79 Å². The minimum Gasteiger partial charge on any atom is -0.464 e. The number of hydrogen-bond donors (Lipinski definition) is 1. The molecule has 4 nitrogen and oxygen atoms in total. The van der Waals surface area contributed by atoms with Crippen LogP contribution in [0.5, 0.6) is 0 Å². The van der Waals surface area contributed by atoms with E-state index in [4.69, 9.17) is 0 Å². The summed E-state index contributed by atoms with van der Waals surface area (Å²) in [4.78, 5) is 10.9. The second-order valence-electron chi connectivity index (χ2n) is 1.69. The Bertz CT molecular complexity index is 286. The lowest BCUT2D eigenvalue weighted by Crippen LogP contribution is -2.02. The molecule has 0 unspecified atom stereocenters. The molecule has 1 aromatic rings. The lowest BCUT2D eigenvalue weighted by Gasteiger charge is -1.92. The van der Waals surface area contributed by atoms with Crippen LogP contribution in [0.25, 0.3) is 0 Å². The molecule has 0 aliphatic carbocycles. The second kappa shape index (κ2) is 3.53. The number of hydrogen-bond acceptors (Lipinski definition) is 3. The molecule has 0 aliphatic rings. The number of aromatic amines is 1. The Balaban J connectivity index is 3.04. The van der Waals surface area contributed by atoms with Crippen molar-refractivity contribution < 1.29 is 9.53 Å². The lowest BCUT2D eigenvalue weighted by molar-refractivity contribution is 0.0593. The van der Waals surface area contributed by atoms with Gasteiger partial charge >= 0.3 is 5.97 Å². The van der Waals surface area contributed by atoms with Gasteiger partial charge in [-0.2, -0.15) is 5.10 Å². The third kappa shape index (κ3) is 1.73. The predicted molar refractivity (Wildman–Crippen MR) is 50.3 cm³/mol. The van der Waals surface area contributed by atoms with Gasteiger partial charge in [-0.25, -0.2) is 4.79 Å². The van der Waals surface area contributed by atoms with Gasteiger partial charge < -0.3 is 4.74 Å². The molecule has 0 aromatic carbocycles. The Kier molecular flexibility index (Phi) is 2.88. The highest BCUT2D eigenvalue weighted by atomic mass is 127. The number of H-pyrrole nitrogens is 1. The zero-order valence-corrected chi connectivity index (χ0v) is 9.26. The summed E-state index contributed by atoms with van der Waals surface area (Å²) < 4.78 is 5.90. The Morgan fingerprint density at radius 1 is 1.82 bits per heavy atom. The highest BCUT2D eigenvalue weighted by Gasteiger charge is 2.15. The number of aromatic nitrogens is 2. The van der Waals surface area contributed by atoms with Gasteiger partial charge in [0.25, 0.3) is 0 Å². The first kappa shape index (κ1) is 8.98. The Morgan fingerprint density at radius 2 is 2.45 bits per heavy atom. The summed E-state index contributed by atoms with van der Waals surface area (Å²) >= 11 is 5.21. The summed E-state index contributed by atoms with van der Waals surface area (Å²) in [6.45, 7) is 0. The van der Waals surface area contributed by atoms with Crippen LogP contribution in [-0.2, 0) is 4.74 Å². The Morgan fingerprint density at radius 3 is 2.82 bits per heavy atom. The number of carbonyl (C=O) groups excluding carboxylic acids is 1. The van der Waals surface area contributed by atoms with E-state index in [-0.39, 0.29) is 5.69 Å². The largest absolute Gasteiger partial charge is 0.464 e. The molecular formula is C5H4BrIN2O2. The Labute approximate surface area is 85.0 Å². The zero-order valence-electron chi connectivity index (χ0n) is 5.52. The van der Waals surface area contributed by atoms with Gasteiger partial charge in [0.2, 0.25) is 0 Å². The molecule has 6 heteroatoms. The molecule has 1 heterocycles. The van der Waals surface area contributed by atoms with Gasteiger partial charge in [0.1, 0.15) is 3.70 Å². The van der Waals surface area contributed by atoms with Crippen molar-refractivity contribution in [2.45, 2.75) is 0 Å². The highest BCUT2D eigenvalue weighted by Crippen LogP contribution is 2.20. The molecule has 1 N–H and O–H groups in total. The minimum atomic E-state index is -0.448. The number of esters is 1. The average Bonchev–Trinajstić information content (AvgIpc) is 2.32. The third-order valence-corrected chi connectivity index (χ3v) is 3.34. The van der Waals surface area contributed by atoms with Crippen molar-refractivity contribution in [3.8, 4) is 0 Å². The summed E-state index contributed by atoms with van der Waals surface area (Å²) in [6.07, 6.45) is 0. The minimum absolute atomic E-state index is 0.275. The highest BCUT2D eigenvalue weighted by molar-refractivity contribution is 14.1. The van der Waals surface area contributed by atoms with Crippen LogP contribution in [0.2, 0.25) is 0 Å². The van der Waals surface area contributed by atoms with E-state index in [2.05, 4.69) is 30.9 Å². The summed E-state index contributed by atoms with van der Waals surface area (Å²) in [6, 6.07) is 0. The van der Waals surface area contributed by atoms with Gasteiger partial charge in [-0.05, 0) is 38.5 Å². The molecule has 0 amide bonds. The van der Waals surface area contributed by atoms with Crippen molar-refractivity contribution in [3.63, 3.8) is 0 Å².